The zero-order valence-electron chi connectivity index (χ0n) is 13.0. The first-order valence-electron chi connectivity index (χ1n) is 8.41. The van der Waals surface area contributed by atoms with Gasteiger partial charge in [-0.05, 0) is 55.2 Å². The molecule has 1 aromatic rings. The zero-order valence-corrected chi connectivity index (χ0v) is 13.8. The molecule has 3 rings (SSSR count). The first kappa shape index (κ1) is 16.0. The van der Waals surface area contributed by atoms with Crippen LogP contribution in [0.5, 0.6) is 0 Å². The van der Waals surface area contributed by atoms with Crippen LogP contribution in [-0.2, 0) is 10.0 Å². The first-order valence-corrected chi connectivity index (χ1v) is 9.90. The Hall–Kier alpha value is -0.910. The Morgan fingerprint density at radius 1 is 1.05 bits per heavy atom. The summed E-state index contributed by atoms with van der Waals surface area (Å²) < 4.78 is 27.2. The standard InChI is InChI=1S/C17H26N2O2S/c18-17(15-6-7-15)12-19-22(20,21)16-10-8-14(9-11-16)13-4-2-1-3-5-13/h8-11,13,15,17,19H,1-7,12,18H2. The van der Waals surface area contributed by atoms with Crippen molar-refractivity contribution in [1.82, 2.24) is 4.72 Å². The summed E-state index contributed by atoms with van der Waals surface area (Å²) in [6, 6.07) is 7.36. The summed E-state index contributed by atoms with van der Waals surface area (Å²) in [5.74, 6) is 1.10. The lowest BCUT2D eigenvalue weighted by Gasteiger charge is -2.22. The summed E-state index contributed by atoms with van der Waals surface area (Å²) in [6.07, 6.45) is 8.59. The molecule has 122 valence electrons. The summed E-state index contributed by atoms with van der Waals surface area (Å²) in [6.45, 7) is 0.331. The van der Waals surface area contributed by atoms with Crippen molar-refractivity contribution in [3.63, 3.8) is 0 Å². The van der Waals surface area contributed by atoms with Crippen LogP contribution in [0.25, 0.3) is 0 Å². The SMILES string of the molecule is NC(CNS(=O)(=O)c1ccc(C2CCCCC2)cc1)C1CC1. The Labute approximate surface area is 133 Å². The van der Waals surface area contributed by atoms with Crippen LogP contribution in [0.1, 0.15) is 56.4 Å². The second kappa shape index (κ2) is 6.69. The van der Waals surface area contributed by atoms with Crippen LogP contribution in [0.3, 0.4) is 0 Å². The van der Waals surface area contributed by atoms with Gasteiger partial charge in [-0.3, -0.25) is 0 Å². The van der Waals surface area contributed by atoms with Gasteiger partial charge in [0.15, 0.2) is 0 Å². The van der Waals surface area contributed by atoms with E-state index in [4.69, 9.17) is 5.73 Å². The third-order valence-corrected chi connectivity index (χ3v) is 6.44. The molecule has 2 saturated carbocycles. The molecule has 1 unspecified atom stereocenters. The van der Waals surface area contributed by atoms with Gasteiger partial charge in [0.2, 0.25) is 10.0 Å². The van der Waals surface area contributed by atoms with Crippen molar-refractivity contribution in [2.75, 3.05) is 6.54 Å². The molecule has 2 aliphatic carbocycles. The van der Waals surface area contributed by atoms with Gasteiger partial charge in [-0.1, -0.05) is 31.4 Å². The molecule has 0 saturated heterocycles. The molecule has 4 nitrogen and oxygen atoms in total. The smallest absolute Gasteiger partial charge is 0.240 e. The second-order valence-electron chi connectivity index (χ2n) is 6.76. The highest BCUT2D eigenvalue weighted by Crippen LogP contribution is 2.33. The molecule has 0 aliphatic heterocycles. The molecule has 0 aromatic heterocycles. The number of rotatable bonds is 6. The van der Waals surface area contributed by atoms with E-state index in [2.05, 4.69) is 4.72 Å². The predicted octanol–water partition coefficient (Wildman–Crippen LogP) is 2.75. The topological polar surface area (TPSA) is 72.2 Å². The Bertz CT molecular complexity index is 588. The molecule has 1 atom stereocenters. The van der Waals surface area contributed by atoms with E-state index in [1.54, 1.807) is 12.1 Å². The predicted molar refractivity (Wildman–Crippen MR) is 88.2 cm³/mol. The van der Waals surface area contributed by atoms with Crippen LogP contribution in [0, 0.1) is 5.92 Å². The van der Waals surface area contributed by atoms with Gasteiger partial charge in [-0.2, -0.15) is 0 Å². The van der Waals surface area contributed by atoms with E-state index in [0.717, 1.165) is 12.8 Å². The Morgan fingerprint density at radius 3 is 2.27 bits per heavy atom. The van der Waals surface area contributed by atoms with Crippen LogP contribution in [0.15, 0.2) is 29.2 Å². The number of hydrogen-bond acceptors (Lipinski definition) is 3. The minimum absolute atomic E-state index is 0.0590. The van der Waals surface area contributed by atoms with E-state index < -0.39 is 10.0 Å². The summed E-state index contributed by atoms with van der Waals surface area (Å²) >= 11 is 0. The maximum atomic E-state index is 12.3. The van der Waals surface area contributed by atoms with Gasteiger partial charge < -0.3 is 5.73 Å². The van der Waals surface area contributed by atoms with Crippen LogP contribution in [0.2, 0.25) is 0 Å². The highest BCUT2D eigenvalue weighted by atomic mass is 32.2. The summed E-state index contributed by atoms with van der Waals surface area (Å²) in [7, 11) is -3.44. The first-order chi connectivity index (χ1) is 10.6. The van der Waals surface area contributed by atoms with E-state index in [-0.39, 0.29) is 6.04 Å². The molecule has 0 spiro atoms. The van der Waals surface area contributed by atoms with Crippen LogP contribution in [0.4, 0.5) is 0 Å². The van der Waals surface area contributed by atoms with Gasteiger partial charge in [0.25, 0.3) is 0 Å². The molecule has 0 amide bonds. The van der Waals surface area contributed by atoms with Gasteiger partial charge in [0.05, 0.1) is 4.90 Å². The van der Waals surface area contributed by atoms with Gasteiger partial charge in [0, 0.05) is 12.6 Å². The number of sulfonamides is 1. The minimum Gasteiger partial charge on any atom is -0.326 e. The summed E-state index contributed by atoms with van der Waals surface area (Å²) in [5, 5.41) is 0. The quantitative estimate of drug-likeness (QED) is 0.846. The molecule has 0 heterocycles. The number of benzene rings is 1. The molecule has 3 N–H and O–H groups in total. The van der Waals surface area contributed by atoms with Crippen molar-refractivity contribution >= 4 is 10.0 Å². The third kappa shape index (κ3) is 3.89. The van der Waals surface area contributed by atoms with E-state index in [0.29, 0.717) is 23.3 Å². The highest BCUT2D eigenvalue weighted by Gasteiger charge is 2.29. The summed E-state index contributed by atoms with van der Waals surface area (Å²) in [4.78, 5) is 0.343. The van der Waals surface area contributed by atoms with Gasteiger partial charge in [-0.25, -0.2) is 13.1 Å². The number of hydrogen-bond donors (Lipinski definition) is 2. The van der Waals surface area contributed by atoms with Crippen LogP contribution in [-0.4, -0.2) is 21.0 Å². The van der Waals surface area contributed by atoms with Crippen molar-refractivity contribution in [3.05, 3.63) is 29.8 Å². The van der Waals surface area contributed by atoms with E-state index in [9.17, 15) is 8.42 Å². The maximum Gasteiger partial charge on any atom is 0.240 e. The van der Waals surface area contributed by atoms with Crippen LogP contribution >= 0.6 is 0 Å². The van der Waals surface area contributed by atoms with E-state index in [1.165, 1.54) is 37.7 Å². The van der Waals surface area contributed by atoms with E-state index >= 15 is 0 Å². The molecule has 1 aromatic carbocycles. The maximum absolute atomic E-state index is 12.3. The second-order valence-corrected chi connectivity index (χ2v) is 8.52. The molecule has 5 heteroatoms. The lowest BCUT2D eigenvalue weighted by Crippen LogP contribution is -2.38. The van der Waals surface area contributed by atoms with E-state index in [1.807, 2.05) is 12.1 Å². The largest absolute Gasteiger partial charge is 0.326 e. The molecule has 2 fully saturated rings. The average molecular weight is 322 g/mol. The van der Waals surface area contributed by atoms with Crippen LogP contribution < -0.4 is 10.5 Å². The van der Waals surface area contributed by atoms with Gasteiger partial charge in [-0.15, -0.1) is 0 Å². The van der Waals surface area contributed by atoms with Crippen molar-refractivity contribution in [1.29, 1.82) is 0 Å². The fourth-order valence-electron chi connectivity index (χ4n) is 3.34. The molecule has 0 bridgehead atoms. The Kier molecular flexibility index (Phi) is 4.85. The van der Waals surface area contributed by atoms with Crippen molar-refractivity contribution in [3.8, 4) is 0 Å². The molecule has 2 aliphatic rings. The zero-order chi connectivity index (χ0) is 15.6. The summed E-state index contributed by atoms with van der Waals surface area (Å²) in [5.41, 5.74) is 7.23. The van der Waals surface area contributed by atoms with Crippen molar-refractivity contribution < 1.29 is 8.42 Å². The fraction of sp³-hybridized carbons (Fsp3) is 0.647. The average Bonchev–Trinajstić information content (AvgIpc) is 3.39. The lowest BCUT2D eigenvalue weighted by molar-refractivity contribution is 0.443. The highest BCUT2D eigenvalue weighted by molar-refractivity contribution is 7.89. The normalized spacial score (nSPS) is 21.7. The van der Waals surface area contributed by atoms with Gasteiger partial charge in [0.1, 0.15) is 0 Å². The Morgan fingerprint density at radius 2 is 1.68 bits per heavy atom. The minimum atomic E-state index is -3.44. The van der Waals surface area contributed by atoms with Gasteiger partial charge >= 0.3 is 0 Å². The lowest BCUT2D eigenvalue weighted by atomic mass is 9.84. The van der Waals surface area contributed by atoms with Crippen molar-refractivity contribution in [2.24, 2.45) is 11.7 Å². The molecular weight excluding hydrogens is 296 g/mol. The molecule has 22 heavy (non-hydrogen) atoms. The fourth-order valence-corrected chi connectivity index (χ4v) is 4.41. The molecular formula is C17H26N2O2S. The Balaban J connectivity index is 1.62. The third-order valence-electron chi connectivity index (χ3n) is 5.00. The number of nitrogens with two attached hydrogens (primary N) is 1. The van der Waals surface area contributed by atoms with Crippen molar-refractivity contribution in [2.45, 2.75) is 61.8 Å². The molecule has 0 radical (unpaired) electrons. The monoisotopic (exact) mass is 322 g/mol. The number of nitrogens with one attached hydrogen (secondary N) is 1.